The molecule has 0 N–H and O–H groups in total. The van der Waals surface area contributed by atoms with Crippen molar-refractivity contribution >= 4 is 29.9 Å². The van der Waals surface area contributed by atoms with E-state index in [9.17, 15) is 9.59 Å². The van der Waals surface area contributed by atoms with Gasteiger partial charge < -0.3 is 4.74 Å². The van der Waals surface area contributed by atoms with E-state index in [-0.39, 0.29) is 0 Å². The number of aldehydes is 1. The summed E-state index contributed by atoms with van der Waals surface area (Å²) in [4.78, 5) is 21.6. The molecule has 0 saturated carbocycles. The number of carbonyl (C=O) groups excluding carboxylic acids is 2. The van der Waals surface area contributed by atoms with Crippen LogP contribution in [0.25, 0.3) is 6.08 Å². The van der Waals surface area contributed by atoms with Crippen molar-refractivity contribution in [1.29, 1.82) is 0 Å². The minimum atomic E-state index is -0.435. The normalized spacial score (nSPS) is 10.4. The minimum absolute atomic E-state index is 0.325. The number of rotatable bonds is 4. The predicted octanol–water partition coefficient (Wildman–Crippen LogP) is 2.73. The van der Waals surface area contributed by atoms with Crippen molar-refractivity contribution in [2.45, 2.75) is 6.92 Å². The first kappa shape index (κ1) is 12.5. The first-order valence-corrected chi connectivity index (χ1v) is 5.14. The Labute approximate surface area is 98.7 Å². The van der Waals surface area contributed by atoms with Crippen molar-refractivity contribution in [3.63, 3.8) is 0 Å². The van der Waals surface area contributed by atoms with E-state index in [1.807, 2.05) is 0 Å². The van der Waals surface area contributed by atoms with Crippen molar-refractivity contribution < 1.29 is 14.3 Å². The van der Waals surface area contributed by atoms with Crippen molar-refractivity contribution in [3.05, 3.63) is 40.4 Å². The number of hydrogen-bond acceptors (Lipinski definition) is 3. The van der Waals surface area contributed by atoms with Crippen LogP contribution in [0.15, 0.2) is 24.3 Å². The maximum atomic E-state index is 11.1. The third kappa shape index (κ3) is 3.51. The molecular formula is C12H11ClO3. The van der Waals surface area contributed by atoms with Gasteiger partial charge in [0.25, 0.3) is 0 Å². The molecule has 16 heavy (non-hydrogen) atoms. The maximum absolute atomic E-state index is 11.1. The van der Waals surface area contributed by atoms with Crippen LogP contribution in [0.1, 0.15) is 22.8 Å². The summed E-state index contributed by atoms with van der Waals surface area (Å²) in [6.45, 7) is 2.05. The fourth-order valence-electron chi connectivity index (χ4n) is 1.11. The van der Waals surface area contributed by atoms with E-state index in [1.54, 1.807) is 25.1 Å². The number of benzene rings is 1. The predicted molar refractivity (Wildman–Crippen MR) is 62.5 cm³/mol. The van der Waals surface area contributed by atoms with Crippen LogP contribution in [-0.4, -0.2) is 18.9 Å². The van der Waals surface area contributed by atoms with Gasteiger partial charge in [0.2, 0.25) is 0 Å². The van der Waals surface area contributed by atoms with Crippen molar-refractivity contribution in [2.24, 2.45) is 0 Å². The maximum Gasteiger partial charge on any atom is 0.330 e. The molecule has 0 bridgehead atoms. The van der Waals surface area contributed by atoms with E-state index in [0.29, 0.717) is 22.8 Å². The van der Waals surface area contributed by atoms with Crippen LogP contribution in [0, 0.1) is 0 Å². The molecule has 0 saturated heterocycles. The highest BCUT2D eigenvalue weighted by molar-refractivity contribution is 6.32. The number of halogens is 1. The fraction of sp³-hybridized carbons (Fsp3) is 0.167. The van der Waals surface area contributed by atoms with Gasteiger partial charge >= 0.3 is 5.97 Å². The fourth-order valence-corrected chi connectivity index (χ4v) is 1.29. The smallest absolute Gasteiger partial charge is 0.330 e. The standard InChI is InChI=1S/C12H11ClO3/c1-2-16-12(15)6-4-10-7-9(8-14)3-5-11(10)13/h3-8H,2H2,1H3. The lowest BCUT2D eigenvalue weighted by molar-refractivity contribution is -0.137. The van der Waals surface area contributed by atoms with Crippen LogP contribution in [0.4, 0.5) is 0 Å². The number of hydrogen-bond donors (Lipinski definition) is 0. The molecule has 4 heteroatoms. The Kier molecular flexibility index (Phi) is 4.73. The van der Waals surface area contributed by atoms with E-state index >= 15 is 0 Å². The Balaban J connectivity index is 2.87. The summed E-state index contributed by atoms with van der Waals surface area (Å²) < 4.78 is 4.72. The molecule has 0 atom stereocenters. The minimum Gasteiger partial charge on any atom is -0.463 e. The highest BCUT2D eigenvalue weighted by atomic mass is 35.5. The van der Waals surface area contributed by atoms with Gasteiger partial charge in [-0.1, -0.05) is 17.7 Å². The Bertz CT molecular complexity index is 424. The Morgan fingerprint density at radius 1 is 1.50 bits per heavy atom. The van der Waals surface area contributed by atoms with E-state index in [4.69, 9.17) is 16.3 Å². The largest absolute Gasteiger partial charge is 0.463 e. The molecule has 0 radical (unpaired) electrons. The summed E-state index contributed by atoms with van der Waals surface area (Å²) >= 11 is 5.89. The Morgan fingerprint density at radius 2 is 2.25 bits per heavy atom. The average molecular weight is 239 g/mol. The second kappa shape index (κ2) is 6.08. The second-order valence-electron chi connectivity index (χ2n) is 2.98. The molecule has 0 aliphatic rings. The topological polar surface area (TPSA) is 43.4 Å². The zero-order valence-corrected chi connectivity index (χ0v) is 9.53. The number of esters is 1. The van der Waals surface area contributed by atoms with E-state index in [0.717, 1.165) is 6.29 Å². The van der Waals surface area contributed by atoms with Gasteiger partial charge in [0.1, 0.15) is 6.29 Å². The molecule has 0 heterocycles. The van der Waals surface area contributed by atoms with Gasteiger partial charge in [-0.25, -0.2) is 4.79 Å². The van der Waals surface area contributed by atoms with E-state index in [1.165, 1.54) is 12.2 Å². The summed E-state index contributed by atoms with van der Waals surface area (Å²) in [5, 5.41) is 0.478. The van der Waals surface area contributed by atoms with Gasteiger partial charge in [-0.3, -0.25) is 4.79 Å². The molecular weight excluding hydrogens is 228 g/mol. The van der Waals surface area contributed by atoms with Crippen LogP contribution in [0.3, 0.4) is 0 Å². The Hall–Kier alpha value is -1.61. The molecule has 1 aromatic rings. The summed E-state index contributed by atoms with van der Waals surface area (Å²) in [5.41, 5.74) is 1.12. The van der Waals surface area contributed by atoms with Crippen LogP contribution in [0.5, 0.6) is 0 Å². The van der Waals surface area contributed by atoms with Crippen LogP contribution in [0.2, 0.25) is 5.02 Å². The highest BCUT2D eigenvalue weighted by Gasteiger charge is 2.00. The average Bonchev–Trinajstić information content (AvgIpc) is 2.28. The van der Waals surface area contributed by atoms with Crippen LogP contribution >= 0.6 is 11.6 Å². The molecule has 1 rings (SSSR count). The van der Waals surface area contributed by atoms with Crippen LogP contribution < -0.4 is 0 Å². The number of carbonyl (C=O) groups is 2. The Morgan fingerprint density at radius 3 is 2.88 bits per heavy atom. The van der Waals surface area contributed by atoms with E-state index in [2.05, 4.69) is 0 Å². The van der Waals surface area contributed by atoms with Crippen LogP contribution in [-0.2, 0) is 9.53 Å². The first-order chi connectivity index (χ1) is 7.67. The van der Waals surface area contributed by atoms with Gasteiger partial charge in [0.05, 0.1) is 6.61 Å². The quantitative estimate of drug-likeness (QED) is 0.460. The highest BCUT2D eigenvalue weighted by Crippen LogP contribution is 2.18. The SMILES string of the molecule is CCOC(=O)C=Cc1cc(C=O)ccc1Cl. The molecule has 0 amide bonds. The molecule has 0 unspecified atom stereocenters. The molecule has 84 valence electrons. The molecule has 0 aliphatic carbocycles. The van der Waals surface area contributed by atoms with E-state index < -0.39 is 5.97 Å². The zero-order valence-electron chi connectivity index (χ0n) is 8.77. The monoisotopic (exact) mass is 238 g/mol. The third-order valence-corrected chi connectivity index (χ3v) is 2.19. The number of ether oxygens (including phenoxy) is 1. The van der Waals surface area contributed by atoms with Gasteiger partial charge in [-0.15, -0.1) is 0 Å². The molecule has 0 aliphatic heterocycles. The summed E-state index contributed by atoms with van der Waals surface area (Å²) in [5.74, 6) is -0.435. The molecule has 0 spiro atoms. The second-order valence-corrected chi connectivity index (χ2v) is 3.39. The van der Waals surface area contributed by atoms with Crippen molar-refractivity contribution in [1.82, 2.24) is 0 Å². The first-order valence-electron chi connectivity index (χ1n) is 4.77. The van der Waals surface area contributed by atoms with Gasteiger partial charge in [0, 0.05) is 16.7 Å². The molecule has 0 aromatic heterocycles. The van der Waals surface area contributed by atoms with Crippen molar-refractivity contribution in [3.8, 4) is 0 Å². The van der Waals surface area contributed by atoms with Gasteiger partial charge in [0.15, 0.2) is 0 Å². The zero-order chi connectivity index (χ0) is 12.0. The lowest BCUT2D eigenvalue weighted by atomic mass is 10.1. The summed E-state index contributed by atoms with van der Waals surface area (Å²) in [6.07, 6.45) is 3.52. The third-order valence-electron chi connectivity index (χ3n) is 1.84. The molecule has 1 aromatic carbocycles. The van der Waals surface area contributed by atoms with Crippen molar-refractivity contribution in [2.75, 3.05) is 6.61 Å². The van der Waals surface area contributed by atoms with Gasteiger partial charge in [-0.05, 0) is 30.7 Å². The lowest BCUT2D eigenvalue weighted by Crippen LogP contribution is -1.98. The summed E-state index contributed by atoms with van der Waals surface area (Å²) in [6, 6.07) is 4.82. The molecule has 3 nitrogen and oxygen atoms in total. The van der Waals surface area contributed by atoms with Gasteiger partial charge in [-0.2, -0.15) is 0 Å². The lowest BCUT2D eigenvalue weighted by Gasteiger charge is -1.99. The summed E-state index contributed by atoms with van der Waals surface area (Å²) in [7, 11) is 0. The molecule has 0 fully saturated rings.